The molecule has 3 aromatic carbocycles. The van der Waals surface area contributed by atoms with Crippen LogP contribution in [0.5, 0.6) is 0 Å². The van der Waals surface area contributed by atoms with Gasteiger partial charge in [-0.15, -0.1) is 0 Å². The van der Waals surface area contributed by atoms with E-state index in [0.717, 1.165) is 37.6 Å². The SMILES string of the molecule is Clc1ccccc1CN[C@H]1CCN(Cc2ccccc2)C[C@H]1c1ccccc1. The molecule has 1 aliphatic heterocycles. The molecule has 0 aromatic heterocycles. The van der Waals surface area contributed by atoms with Crippen molar-refractivity contribution in [2.24, 2.45) is 0 Å². The van der Waals surface area contributed by atoms with E-state index in [4.69, 9.17) is 11.6 Å². The lowest BCUT2D eigenvalue weighted by Crippen LogP contribution is -2.47. The van der Waals surface area contributed by atoms with Crippen LogP contribution in [0, 0.1) is 0 Å². The van der Waals surface area contributed by atoms with E-state index in [0.29, 0.717) is 12.0 Å². The molecule has 28 heavy (non-hydrogen) atoms. The molecule has 1 aliphatic rings. The molecule has 0 aliphatic carbocycles. The Morgan fingerprint density at radius 2 is 1.54 bits per heavy atom. The summed E-state index contributed by atoms with van der Waals surface area (Å²) >= 11 is 6.36. The maximum Gasteiger partial charge on any atom is 0.0450 e. The minimum atomic E-state index is 0.450. The monoisotopic (exact) mass is 390 g/mol. The third kappa shape index (κ3) is 4.82. The highest BCUT2D eigenvalue weighted by molar-refractivity contribution is 6.31. The van der Waals surface area contributed by atoms with Crippen LogP contribution < -0.4 is 5.32 Å². The quantitative estimate of drug-likeness (QED) is 0.598. The second-order valence-electron chi connectivity index (χ2n) is 7.61. The van der Waals surface area contributed by atoms with Crippen molar-refractivity contribution in [3.8, 4) is 0 Å². The van der Waals surface area contributed by atoms with Crippen molar-refractivity contribution in [3.05, 3.63) is 107 Å². The second kappa shape index (κ2) is 9.38. The van der Waals surface area contributed by atoms with Crippen molar-refractivity contribution in [1.82, 2.24) is 10.2 Å². The van der Waals surface area contributed by atoms with Crippen LogP contribution in [0.3, 0.4) is 0 Å². The first-order valence-corrected chi connectivity index (χ1v) is 10.5. The number of rotatable bonds is 6. The van der Waals surface area contributed by atoms with Crippen LogP contribution >= 0.6 is 11.6 Å². The summed E-state index contributed by atoms with van der Waals surface area (Å²) in [5.74, 6) is 0.473. The molecule has 0 spiro atoms. The summed E-state index contributed by atoms with van der Waals surface area (Å²) in [4.78, 5) is 2.58. The summed E-state index contributed by atoms with van der Waals surface area (Å²) in [5.41, 5.74) is 3.97. The Kier molecular flexibility index (Phi) is 6.43. The van der Waals surface area contributed by atoms with Crippen LogP contribution in [-0.4, -0.2) is 24.0 Å². The molecule has 144 valence electrons. The zero-order valence-corrected chi connectivity index (χ0v) is 16.9. The molecule has 1 saturated heterocycles. The first kappa shape index (κ1) is 19.2. The first-order chi connectivity index (χ1) is 13.8. The summed E-state index contributed by atoms with van der Waals surface area (Å²) in [7, 11) is 0. The van der Waals surface area contributed by atoms with Gasteiger partial charge in [-0.05, 0) is 29.2 Å². The highest BCUT2D eigenvalue weighted by Crippen LogP contribution is 2.29. The van der Waals surface area contributed by atoms with Crippen LogP contribution in [0.1, 0.15) is 29.0 Å². The predicted molar refractivity (Wildman–Crippen MR) is 118 cm³/mol. The zero-order valence-electron chi connectivity index (χ0n) is 16.1. The van der Waals surface area contributed by atoms with E-state index in [9.17, 15) is 0 Å². The predicted octanol–water partition coefficient (Wildman–Crippen LogP) is 5.49. The fraction of sp³-hybridized carbons (Fsp3) is 0.280. The minimum absolute atomic E-state index is 0.450. The van der Waals surface area contributed by atoms with Gasteiger partial charge in [0.2, 0.25) is 0 Å². The molecule has 0 radical (unpaired) electrons. The van der Waals surface area contributed by atoms with Crippen molar-refractivity contribution in [1.29, 1.82) is 0 Å². The highest BCUT2D eigenvalue weighted by Gasteiger charge is 2.30. The Morgan fingerprint density at radius 3 is 2.29 bits per heavy atom. The number of piperidine rings is 1. The maximum atomic E-state index is 6.36. The van der Waals surface area contributed by atoms with Crippen molar-refractivity contribution in [3.63, 3.8) is 0 Å². The molecule has 3 heteroatoms. The van der Waals surface area contributed by atoms with E-state index < -0.39 is 0 Å². The van der Waals surface area contributed by atoms with E-state index in [1.165, 1.54) is 16.7 Å². The summed E-state index contributed by atoms with van der Waals surface area (Å²) in [6.07, 6.45) is 1.14. The van der Waals surface area contributed by atoms with Gasteiger partial charge in [0, 0.05) is 43.2 Å². The molecule has 1 N–H and O–H groups in total. The average molecular weight is 391 g/mol. The summed E-state index contributed by atoms with van der Waals surface area (Å²) < 4.78 is 0. The lowest BCUT2D eigenvalue weighted by molar-refractivity contribution is 0.166. The molecule has 0 amide bonds. The fourth-order valence-corrected chi connectivity index (χ4v) is 4.37. The summed E-state index contributed by atoms with van der Waals surface area (Å²) in [5, 5.41) is 4.64. The highest BCUT2D eigenvalue weighted by atomic mass is 35.5. The van der Waals surface area contributed by atoms with Crippen LogP contribution in [0.4, 0.5) is 0 Å². The van der Waals surface area contributed by atoms with Gasteiger partial charge in [-0.2, -0.15) is 0 Å². The molecule has 1 heterocycles. The molecule has 0 bridgehead atoms. The van der Waals surface area contributed by atoms with Crippen LogP contribution in [0.25, 0.3) is 0 Å². The van der Waals surface area contributed by atoms with Crippen molar-refractivity contribution in [2.45, 2.75) is 31.5 Å². The molecular formula is C25H27ClN2. The Balaban J connectivity index is 1.47. The van der Waals surface area contributed by atoms with E-state index in [1.54, 1.807) is 0 Å². The van der Waals surface area contributed by atoms with E-state index in [-0.39, 0.29) is 0 Å². The Bertz CT molecular complexity index is 866. The number of nitrogens with one attached hydrogen (secondary N) is 1. The zero-order chi connectivity index (χ0) is 19.2. The molecule has 4 rings (SSSR count). The van der Waals surface area contributed by atoms with E-state index >= 15 is 0 Å². The second-order valence-corrected chi connectivity index (χ2v) is 8.01. The topological polar surface area (TPSA) is 15.3 Å². The number of nitrogens with zero attached hydrogens (tertiary/aromatic N) is 1. The van der Waals surface area contributed by atoms with Crippen LogP contribution in [0.2, 0.25) is 5.02 Å². The van der Waals surface area contributed by atoms with Gasteiger partial charge >= 0.3 is 0 Å². The molecule has 0 unspecified atom stereocenters. The number of benzene rings is 3. The third-order valence-corrected chi connectivity index (χ3v) is 6.05. The van der Waals surface area contributed by atoms with Gasteiger partial charge in [0.15, 0.2) is 0 Å². The van der Waals surface area contributed by atoms with Gasteiger partial charge in [-0.1, -0.05) is 90.5 Å². The van der Waals surface area contributed by atoms with Gasteiger partial charge in [-0.25, -0.2) is 0 Å². The number of hydrogen-bond acceptors (Lipinski definition) is 2. The normalized spacial score (nSPS) is 20.2. The van der Waals surface area contributed by atoms with Crippen LogP contribution in [0.15, 0.2) is 84.9 Å². The average Bonchev–Trinajstić information content (AvgIpc) is 2.75. The number of halogens is 1. The lowest BCUT2D eigenvalue weighted by Gasteiger charge is -2.39. The van der Waals surface area contributed by atoms with Gasteiger partial charge in [0.05, 0.1) is 0 Å². The smallest absolute Gasteiger partial charge is 0.0450 e. The minimum Gasteiger partial charge on any atom is -0.309 e. The van der Waals surface area contributed by atoms with Crippen molar-refractivity contribution in [2.75, 3.05) is 13.1 Å². The number of likely N-dealkylation sites (tertiary alicyclic amines) is 1. The molecule has 1 fully saturated rings. The maximum absolute atomic E-state index is 6.36. The molecular weight excluding hydrogens is 364 g/mol. The first-order valence-electron chi connectivity index (χ1n) is 10.1. The fourth-order valence-electron chi connectivity index (χ4n) is 4.17. The third-order valence-electron chi connectivity index (χ3n) is 5.69. The van der Waals surface area contributed by atoms with Crippen molar-refractivity contribution < 1.29 is 0 Å². The Hall–Kier alpha value is -2.13. The van der Waals surface area contributed by atoms with Gasteiger partial charge in [0.1, 0.15) is 0 Å². The van der Waals surface area contributed by atoms with Crippen LogP contribution in [-0.2, 0) is 13.1 Å². The van der Waals surface area contributed by atoms with Gasteiger partial charge in [0.25, 0.3) is 0 Å². The van der Waals surface area contributed by atoms with Gasteiger partial charge in [-0.3, -0.25) is 4.90 Å². The van der Waals surface area contributed by atoms with Gasteiger partial charge < -0.3 is 5.32 Å². The largest absolute Gasteiger partial charge is 0.309 e. The Labute approximate surface area is 173 Å². The van der Waals surface area contributed by atoms with Crippen molar-refractivity contribution >= 4 is 11.6 Å². The Morgan fingerprint density at radius 1 is 0.857 bits per heavy atom. The standard InChI is InChI=1S/C25H27ClN2/c26-24-14-8-7-13-22(24)17-27-25-15-16-28(18-20-9-3-1-4-10-20)19-23(25)21-11-5-2-6-12-21/h1-14,23,25,27H,15-19H2/t23-,25-/m0/s1. The van der Waals surface area contributed by atoms with E-state index in [1.807, 2.05) is 12.1 Å². The summed E-state index contributed by atoms with van der Waals surface area (Å²) in [6, 6.07) is 30.3. The molecule has 3 aromatic rings. The molecule has 2 atom stereocenters. The lowest BCUT2D eigenvalue weighted by atomic mass is 9.85. The molecule has 2 nitrogen and oxygen atoms in total. The summed E-state index contributed by atoms with van der Waals surface area (Å²) in [6.45, 7) is 4.01. The molecule has 0 saturated carbocycles. The number of hydrogen-bond donors (Lipinski definition) is 1. The van der Waals surface area contributed by atoms with E-state index in [2.05, 4.69) is 83.0 Å².